The molecule has 0 radical (unpaired) electrons. The molecule has 0 aliphatic carbocycles. The Morgan fingerprint density at radius 3 is 2.19 bits per heavy atom. The van der Waals surface area contributed by atoms with Crippen LogP contribution in [0.3, 0.4) is 0 Å². The van der Waals surface area contributed by atoms with Gasteiger partial charge in [-0.1, -0.05) is 43.7 Å². The van der Waals surface area contributed by atoms with Gasteiger partial charge in [0.15, 0.2) is 0 Å². The van der Waals surface area contributed by atoms with Crippen molar-refractivity contribution in [3.8, 4) is 0 Å². The predicted octanol–water partition coefficient (Wildman–Crippen LogP) is 4.24. The Morgan fingerprint density at radius 2 is 1.69 bits per heavy atom. The van der Waals surface area contributed by atoms with Crippen LogP contribution in [0.2, 0.25) is 0 Å². The molecule has 1 atom stereocenters. The first-order valence-corrected chi connectivity index (χ1v) is 6.10. The van der Waals surface area contributed by atoms with Crippen LogP contribution in [-0.4, -0.2) is 11.8 Å². The maximum atomic E-state index is 4.73. The first-order chi connectivity index (χ1) is 7.49. The van der Waals surface area contributed by atoms with Crippen molar-refractivity contribution < 1.29 is 0 Å². The molecule has 0 aliphatic heterocycles. The topological polar surface area (TPSA) is 12.4 Å². The molecule has 0 saturated carbocycles. The predicted molar refractivity (Wildman–Crippen MR) is 72.3 cm³/mol. The average molecular weight is 217 g/mol. The quantitative estimate of drug-likeness (QED) is 0.669. The summed E-state index contributed by atoms with van der Waals surface area (Å²) in [4.78, 5) is 4.73. The van der Waals surface area contributed by atoms with Gasteiger partial charge in [-0.25, -0.2) is 0 Å². The van der Waals surface area contributed by atoms with E-state index in [1.165, 1.54) is 11.1 Å². The molecule has 16 heavy (non-hydrogen) atoms. The van der Waals surface area contributed by atoms with Crippen LogP contribution in [0.4, 0.5) is 0 Å². The Balaban J connectivity index is 2.73. The van der Waals surface area contributed by atoms with Crippen molar-refractivity contribution in [2.75, 3.05) is 0 Å². The molecule has 0 N–H and O–H groups in total. The molecule has 0 bridgehead atoms. The number of rotatable bonds is 4. The maximum absolute atomic E-state index is 4.73. The van der Waals surface area contributed by atoms with Crippen LogP contribution in [0.25, 0.3) is 0 Å². The molecule has 88 valence electrons. The number of hydrogen-bond acceptors (Lipinski definition) is 1. The van der Waals surface area contributed by atoms with Gasteiger partial charge < -0.3 is 0 Å². The van der Waals surface area contributed by atoms with E-state index in [1.807, 2.05) is 0 Å². The Labute approximate surface area is 99.6 Å². The molecular formula is C15H23N. The average Bonchev–Trinajstić information content (AvgIpc) is 2.16. The number of aryl methyl sites for hydroxylation is 1. The van der Waals surface area contributed by atoms with Crippen molar-refractivity contribution in [2.45, 2.75) is 47.1 Å². The molecule has 1 nitrogen and oxygen atoms in total. The minimum absolute atomic E-state index is 0.418. The first kappa shape index (κ1) is 13.0. The molecule has 0 heterocycles. The third-order valence-electron chi connectivity index (χ3n) is 2.70. The monoisotopic (exact) mass is 217 g/mol. The highest BCUT2D eigenvalue weighted by atomic mass is 14.8. The van der Waals surface area contributed by atoms with E-state index in [4.69, 9.17) is 4.99 Å². The van der Waals surface area contributed by atoms with Crippen LogP contribution in [0.1, 0.15) is 45.2 Å². The number of benzene rings is 1. The second-order valence-corrected chi connectivity index (χ2v) is 5.06. The molecule has 1 aromatic rings. The standard InChI is InChI=1S/C15H23N/c1-11(2)10-13(4)16-14(5)15-8-6-12(3)7-9-15/h6-9,11,13H,10H2,1-5H3. The first-order valence-electron chi connectivity index (χ1n) is 6.10. The maximum Gasteiger partial charge on any atom is 0.0477 e. The SMILES string of the molecule is CC(=NC(C)CC(C)C)c1ccc(C)cc1. The van der Waals surface area contributed by atoms with E-state index < -0.39 is 0 Å². The summed E-state index contributed by atoms with van der Waals surface area (Å²) >= 11 is 0. The summed E-state index contributed by atoms with van der Waals surface area (Å²) in [7, 11) is 0. The number of aliphatic imine (C=N–C) groups is 1. The molecule has 1 unspecified atom stereocenters. The molecule has 1 rings (SSSR count). The van der Waals surface area contributed by atoms with Crippen LogP contribution >= 0.6 is 0 Å². The highest BCUT2D eigenvalue weighted by Crippen LogP contribution is 2.10. The highest BCUT2D eigenvalue weighted by Gasteiger charge is 2.04. The zero-order valence-corrected chi connectivity index (χ0v) is 11.1. The summed E-state index contributed by atoms with van der Waals surface area (Å²) in [6.07, 6.45) is 1.16. The van der Waals surface area contributed by atoms with E-state index in [0.29, 0.717) is 12.0 Å². The molecule has 0 spiro atoms. The molecule has 0 aromatic heterocycles. The lowest BCUT2D eigenvalue weighted by Gasteiger charge is -2.11. The van der Waals surface area contributed by atoms with Gasteiger partial charge in [0.25, 0.3) is 0 Å². The summed E-state index contributed by atoms with van der Waals surface area (Å²) in [6, 6.07) is 9.00. The van der Waals surface area contributed by atoms with Crippen LogP contribution in [0, 0.1) is 12.8 Å². The van der Waals surface area contributed by atoms with Crippen molar-refractivity contribution in [2.24, 2.45) is 10.9 Å². The van der Waals surface area contributed by atoms with Crippen LogP contribution in [0.5, 0.6) is 0 Å². The fourth-order valence-electron chi connectivity index (χ4n) is 1.93. The lowest BCUT2D eigenvalue weighted by Crippen LogP contribution is -2.07. The largest absolute Gasteiger partial charge is 0.286 e. The van der Waals surface area contributed by atoms with E-state index >= 15 is 0 Å². The normalized spacial score (nSPS) is 14.2. The van der Waals surface area contributed by atoms with Gasteiger partial charge in [-0.05, 0) is 38.7 Å². The zero-order valence-electron chi connectivity index (χ0n) is 11.1. The second kappa shape index (κ2) is 5.83. The van der Waals surface area contributed by atoms with E-state index in [2.05, 4.69) is 58.9 Å². The minimum atomic E-state index is 0.418. The Morgan fingerprint density at radius 1 is 1.12 bits per heavy atom. The third kappa shape index (κ3) is 4.18. The second-order valence-electron chi connectivity index (χ2n) is 5.06. The molecule has 1 heteroatoms. The van der Waals surface area contributed by atoms with Gasteiger partial charge in [0.1, 0.15) is 0 Å². The fraction of sp³-hybridized carbons (Fsp3) is 0.533. The van der Waals surface area contributed by atoms with Crippen LogP contribution in [0.15, 0.2) is 29.3 Å². The van der Waals surface area contributed by atoms with Crippen molar-refractivity contribution in [1.82, 2.24) is 0 Å². The molecule has 0 aliphatic rings. The van der Waals surface area contributed by atoms with E-state index in [1.54, 1.807) is 0 Å². The van der Waals surface area contributed by atoms with Gasteiger partial charge >= 0.3 is 0 Å². The lowest BCUT2D eigenvalue weighted by atomic mass is 10.0. The molecule has 0 amide bonds. The Hall–Kier alpha value is -1.11. The summed E-state index contributed by atoms with van der Waals surface area (Å²) in [6.45, 7) is 10.9. The lowest BCUT2D eigenvalue weighted by molar-refractivity contribution is 0.522. The van der Waals surface area contributed by atoms with Gasteiger partial charge in [-0.15, -0.1) is 0 Å². The van der Waals surface area contributed by atoms with Crippen molar-refractivity contribution in [3.63, 3.8) is 0 Å². The van der Waals surface area contributed by atoms with Crippen molar-refractivity contribution in [1.29, 1.82) is 0 Å². The zero-order chi connectivity index (χ0) is 12.1. The molecular weight excluding hydrogens is 194 g/mol. The van der Waals surface area contributed by atoms with Crippen LogP contribution in [-0.2, 0) is 0 Å². The van der Waals surface area contributed by atoms with Gasteiger partial charge in [0.05, 0.1) is 0 Å². The van der Waals surface area contributed by atoms with Gasteiger partial charge in [0, 0.05) is 11.8 Å². The summed E-state index contributed by atoms with van der Waals surface area (Å²) in [5.41, 5.74) is 3.68. The van der Waals surface area contributed by atoms with Crippen molar-refractivity contribution in [3.05, 3.63) is 35.4 Å². The van der Waals surface area contributed by atoms with Gasteiger partial charge in [0.2, 0.25) is 0 Å². The van der Waals surface area contributed by atoms with E-state index in [0.717, 1.165) is 12.1 Å². The fourth-order valence-corrected chi connectivity index (χ4v) is 1.93. The number of nitrogens with zero attached hydrogens (tertiary/aromatic N) is 1. The van der Waals surface area contributed by atoms with E-state index in [9.17, 15) is 0 Å². The molecule has 1 aromatic carbocycles. The molecule has 0 saturated heterocycles. The number of hydrogen-bond donors (Lipinski definition) is 0. The van der Waals surface area contributed by atoms with E-state index in [-0.39, 0.29) is 0 Å². The Bertz CT molecular complexity index is 346. The summed E-state index contributed by atoms with van der Waals surface area (Å²) in [5, 5.41) is 0. The van der Waals surface area contributed by atoms with Gasteiger partial charge in [-0.3, -0.25) is 4.99 Å². The van der Waals surface area contributed by atoms with Crippen molar-refractivity contribution >= 4 is 5.71 Å². The smallest absolute Gasteiger partial charge is 0.0477 e. The van der Waals surface area contributed by atoms with Crippen LogP contribution < -0.4 is 0 Å². The third-order valence-corrected chi connectivity index (χ3v) is 2.70. The summed E-state index contributed by atoms with van der Waals surface area (Å²) < 4.78 is 0. The highest BCUT2D eigenvalue weighted by molar-refractivity contribution is 5.98. The van der Waals surface area contributed by atoms with Gasteiger partial charge in [-0.2, -0.15) is 0 Å². The summed E-state index contributed by atoms with van der Waals surface area (Å²) in [5.74, 6) is 0.713. The minimum Gasteiger partial charge on any atom is -0.286 e. The Kier molecular flexibility index (Phi) is 4.72. The molecule has 0 fully saturated rings.